The minimum absolute atomic E-state index is 0.215. The maximum atomic E-state index is 12.5. The highest BCUT2D eigenvalue weighted by molar-refractivity contribution is 6.30. The van der Waals surface area contributed by atoms with Crippen molar-refractivity contribution < 1.29 is 9.21 Å². The van der Waals surface area contributed by atoms with Gasteiger partial charge >= 0.3 is 0 Å². The maximum Gasteiger partial charge on any atom is 0.256 e. The number of nitrogens with zero attached hydrogens (tertiary/aromatic N) is 2. The Morgan fingerprint density at radius 3 is 2.75 bits per heavy atom. The second-order valence-electron chi connectivity index (χ2n) is 5.23. The van der Waals surface area contributed by atoms with Gasteiger partial charge in [0.2, 0.25) is 5.88 Å². The van der Waals surface area contributed by atoms with Gasteiger partial charge in [-0.05, 0) is 36.8 Å². The highest BCUT2D eigenvalue weighted by atomic mass is 35.5. The summed E-state index contributed by atoms with van der Waals surface area (Å²) in [5.74, 6) is 0.387. The lowest BCUT2D eigenvalue weighted by molar-refractivity contribution is 0.0949. The molecule has 1 N–H and O–H groups in total. The quantitative estimate of drug-likeness (QED) is 0.785. The van der Waals surface area contributed by atoms with E-state index in [1.807, 2.05) is 24.3 Å². The summed E-state index contributed by atoms with van der Waals surface area (Å²) in [6.45, 7) is 1.98. The van der Waals surface area contributed by atoms with Crippen molar-refractivity contribution in [2.24, 2.45) is 0 Å². The Morgan fingerprint density at radius 2 is 2.08 bits per heavy atom. The van der Waals surface area contributed by atoms with Gasteiger partial charge in [0.05, 0.1) is 0 Å². The summed E-state index contributed by atoms with van der Waals surface area (Å²) in [5.41, 5.74) is 1.34. The third kappa shape index (κ3) is 3.05. The average molecular weight is 340 g/mol. The molecule has 0 atom stereocenters. The van der Waals surface area contributed by atoms with Crippen molar-refractivity contribution in [2.75, 3.05) is 0 Å². The van der Waals surface area contributed by atoms with Gasteiger partial charge in [0.15, 0.2) is 0 Å². The number of benzene rings is 1. The van der Waals surface area contributed by atoms with Crippen molar-refractivity contribution >= 4 is 17.5 Å². The molecule has 5 nitrogen and oxygen atoms in total. The van der Waals surface area contributed by atoms with Crippen molar-refractivity contribution in [3.8, 4) is 12.0 Å². The fraction of sp³-hybridized carbons (Fsp3) is 0.111. The molecule has 2 heterocycles. The van der Waals surface area contributed by atoms with Crippen molar-refractivity contribution in [1.82, 2.24) is 9.88 Å². The second-order valence-corrected chi connectivity index (χ2v) is 5.66. The van der Waals surface area contributed by atoms with Crippen molar-refractivity contribution in [2.45, 2.75) is 13.5 Å². The maximum absolute atomic E-state index is 12.5. The average Bonchev–Trinajstić information content (AvgIpc) is 3.19. The van der Waals surface area contributed by atoms with Crippen LogP contribution in [0.5, 0.6) is 0 Å². The summed E-state index contributed by atoms with van der Waals surface area (Å²) in [6.07, 6.45) is 3.51. The zero-order valence-corrected chi connectivity index (χ0v) is 13.7. The Labute approximate surface area is 144 Å². The van der Waals surface area contributed by atoms with Crippen LogP contribution in [-0.2, 0) is 6.54 Å². The molecule has 6 heteroatoms. The molecule has 0 unspecified atom stereocenters. The molecule has 120 valence electrons. The number of aromatic nitrogens is 1. The van der Waals surface area contributed by atoms with Gasteiger partial charge < -0.3 is 9.73 Å². The Morgan fingerprint density at radius 1 is 1.33 bits per heavy atom. The molecule has 0 radical (unpaired) electrons. The van der Waals surface area contributed by atoms with E-state index < -0.39 is 0 Å². The molecule has 1 aromatic carbocycles. The van der Waals surface area contributed by atoms with Crippen LogP contribution in [0.2, 0.25) is 5.02 Å². The number of nitriles is 1. The SMILES string of the molecule is Cc1oc(-n2cccc2)c(C#N)c1C(=O)NCc1cccc(Cl)c1. The van der Waals surface area contributed by atoms with Gasteiger partial charge in [0.1, 0.15) is 23.0 Å². The second kappa shape index (κ2) is 6.65. The normalized spacial score (nSPS) is 10.4. The summed E-state index contributed by atoms with van der Waals surface area (Å²) in [7, 11) is 0. The molecule has 24 heavy (non-hydrogen) atoms. The zero-order valence-electron chi connectivity index (χ0n) is 12.9. The Balaban J connectivity index is 1.86. The Hall–Kier alpha value is -2.97. The lowest BCUT2D eigenvalue weighted by Gasteiger charge is -2.05. The molecular formula is C18H14ClN3O2. The van der Waals surface area contributed by atoms with Crippen LogP contribution in [-0.4, -0.2) is 10.5 Å². The number of hydrogen-bond acceptors (Lipinski definition) is 3. The third-order valence-electron chi connectivity index (χ3n) is 3.59. The number of halogens is 1. The van der Waals surface area contributed by atoms with E-state index in [-0.39, 0.29) is 17.0 Å². The lowest BCUT2D eigenvalue weighted by Crippen LogP contribution is -2.23. The number of nitrogens with one attached hydrogen (secondary N) is 1. The van der Waals surface area contributed by atoms with Gasteiger partial charge in [-0.15, -0.1) is 0 Å². The summed E-state index contributed by atoms with van der Waals surface area (Å²) in [5, 5.41) is 12.9. The zero-order chi connectivity index (χ0) is 17.1. The third-order valence-corrected chi connectivity index (χ3v) is 3.82. The van der Waals surface area contributed by atoms with E-state index in [0.717, 1.165) is 5.56 Å². The number of aryl methyl sites for hydroxylation is 1. The molecule has 0 aliphatic heterocycles. The van der Waals surface area contributed by atoms with Gasteiger partial charge in [-0.1, -0.05) is 23.7 Å². The number of rotatable bonds is 4. The molecule has 0 aliphatic carbocycles. The molecule has 3 aromatic rings. The van der Waals surface area contributed by atoms with Crippen LogP contribution in [0.3, 0.4) is 0 Å². The fourth-order valence-electron chi connectivity index (χ4n) is 2.48. The highest BCUT2D eigenvalue weighted by Crippen LogP contribution is 2.25. The van der Waals surface area contributed by atoms with E-state index in [2.05, 4.69) is 11.4 Å². The molecule has 0 saturated heterocycles. The number of carbonyl (C=O) groups excluding carboxylic acids is 1. The van der Waals surface area contributed by atoms with Crippen LogP contribution < -0.4 is 5.32 Å². The van der Waals surface area contributed by atoms with Crippen LogP contribution in [0, 0.1) is 18.3 Å². The van der Waals surface area contributed by atoms with Gasteiger partial charge in [-0.3, -0.25) is 9.36 Å². The molecule has 0 aliphatic rings. The van der Waals surface area contributed by atoms with E-state index in [1.54, 1.807) is 36.0 Å². The molecule has 3 rings (SSSR count). The first kappa shape index (κ1) is 15.9. The van der Waals surface area contributed by atoms with E-state index in [0.29, 0.717) is 23.2 Å². The molecular weight excluding hydrogens is 326 g/mol. The van der Waals surface area contributed by atoms with Crippen LogP contribution >= 0.6 is 11.6 Å². The molecule has 0 fully saturated rings. The molecule has 0 saturated carbocycles. The topological polar surface area (TPSA) is 71.0 Å². The summed E-state index contributed by atoms with van der Waals surface area (Å²) >= 11 is 5.94. The van der Waals surface area contributed by atoms with Crippen LogP contribution in [0.4, 0.5) is 0 Å². The fourth-order valence-corrected chi connectivity index (χ4v) is 2.69. The molecule has 0 spiro atoms. The summed E-state index contributed by atoms with van der Waals surface area (Å²) in [6, 6.07) is 12.9. The van der Waals surface area contributed by atoms with Gasteiger partial charge in [-0.2, -0.15) is 5.26 Å². The largest absolute Gasteiger partial charge is 0.443 e. The number of hydrogen-bond donors (Lipinski definition) is 1. The predicted octanol–water partition coefficient (Wildman–Crippen LogP) is 3.83. The van der Waals surface area contributed by atoms with E-state index in [9.17, 15) is 10.1 Å². The first-order valence-electron chi connectivity index (χ1n) is 7.29. The van der Waals surface area contributed by atoms with Crippen molar-refractivity contribution in [3.05, 3.63) is 76.3 Å². The monoisotopic (exact) mass is 339 g/mol. The minimum Gasteiger partial charge on any atom is -0.443 e. The van der Waals surface area contributed by atoms with Crippen molar-refractivity contribution in [1.29, 1.82) is 5.26 Å². The summed E-state index contributed by atoms with van der Waals surface area (Å²) < 4.78 is 7.30. The van der Waals surface area contributed by atoms with Crippen LogP contribution in [0.25, 0.3) is 5.88 Å². The van der Waals surface area contributed by atoms with E-state index in [4.69, 9.17) is 16.0 Å². The van der Waals surface area contributed by atoms with Gasteiger partial charge in [0.25, 0.3) is 5.91 Å². The molecule has 0 bridgehead atoms. The smallest absolute Gasteiger partial charge is 0.256 e. The van der Waals surface area contributed by atoms with Gasteiger partial charge in [-0.25, -0.2) is 0 Å². The van der Waals surface area contributed by atoms with E-state index >= 15 is 0 Å². The van der Waals surface area contributed by atoms with Crippen LogP contribution in [0.1, 0.15) is 27.2 Å². The van der Waals surface area contributed by atoms with Crippen molar-refractivity contribution in [3.63, 3.8) is 0 Å². The molecule has 1 amide bonds. The van der Waals surface area contributed by atoms with E-state index in [1.165, 1.54) is 0 Å². The van der Waals surface area contributed by atoms with Gasteiger partial charge in [0, 0.05) is 24.0 Å². The first-order chi connectivity index (χ1) is 11.6. The minimum atomic E-state index is -0.355. The highest BCUT2D eigenvalue weighted by Gasteiger charge is 2.24. The lowest BCUT2D eigenvalue weighted by atomic mass is 10.1. The van der Waals surface area contributed by atoms with Crippen LogP contribution in [0.15, 0.2) is 53.2 Å². The predicted molar refractivity (Wildman–Crippen MR) is 90.1 cm³/mol. The first-order valence-corrected chi connectivity index (χ1v) is 7.67. The number of amides is 1. The molecule has 2 aromatic heterocycles. The summed E-state index contributed by atoms with van der Waals surface area (Å²) in [4.78, 5) is 12.5. The number of carbonyl (C=O) groups is 1. The Kier molecular flexibility index (Phi) is 4.41. The standard InChI is InChI=1S/C18H14ClN3O2/c1-12-16(15(10-20)18(24-12)22-7-2-3-8-22)17(23)21-11-13-5-4-6-14(19)9-13/h2-9H,11H2,1H3,(H,21,23). The Bertz CT molecular complexity index is 920. The number of furan rings is 1.